The number of nitrogens with zero attached hydrogens (tertiary/aromatic N) is 2. The lowest BCUT2D eigenvalue weighted by Crippen LogP contribution is -1.93. The molecule has 0 fully saturated rings. The zero-order valence-electron chi connectivity index (χ0n) is 5.78. The van der Waals surface area contributed by atoms with Gasteiger partial charge in [0.05, 0.1) is 0 Å². The van der Waals surface area contributed by atoms with Crippen molar-refractivity contribution in [2.45, 2.75) is 6.92 Å². The monoisotopic (exact) mass is 135 g/mol. The van der Waals surface area contributed by atoms with Crippen molar-refractivity contribution in [1.82, 2.24) is 9.97 Å². The molecule has 3 heteroatoms. The fourth-order valence-electron chi connectivity index (χ4n) is 0.618. The molecule has 0 saturated heterocycles. The smallest absolute Gasteiger partial charge is 0.153 e. The minimum Gasteiger partial charge on any atom is -0.384 e. The Morgan fingerprint density at radius 3 is 3.00 bits per heavy atom. The number of aromatic nitrogens is 2. The number of nitrogens with two attached hydrogens (primary N) is 1. The quantitative estimate of drug-likeness (QED) is 0.627. The fraction of sp³-hybridized carbons (Fsp3) is 0.143. The van der Waals surface area contributed by atoms with Crippen molar-refractivity contribution in [3.8, 4) is 0 Å². The van der Waals surface area contributed by atoms with Gasteiger partial charge in [0.2, 0.25) is 0 Å². The Labute approximate surface area is 59.6 Å². The Kier molecular flexibility index (Phi) is 1.99. The molecule has 0 radical (unpaired) electrons. The summed E-state index contributed by atoms with van der Waals surface area (Å²) >= 11 is 0. The first kappa shape index (κ1) is 6.74. The van der Waals surface area contributed by atoms with Crippen LogP contribution in [-0.2, 0) is 0 Å². The molecule has 3 nitrogen and oxygen atoms in total. The first-order chi connectivity index (χ1) is 4.83. The van der Waals surface area contributed by atoms with Crippen LogP contribution in [0.4, 0.5) is 5.82 Å². The van der Waals surface area contributed by atoms with Crippen LogP contribution in [0.5, 0.6) is 0 Å². The second kappa shape index (κ2) is 2.96. The standard InChI is InChI=1S/C7H9N3/c1-2-3-7-9-5-4-6(8)10-7/h2-5H,1H3,(H2,8,9,10). The molecule has 0 spiro atoms. The van der Waals surface area contributed by atoms with E-state index in [9.17, 15) is 0 Å². The molecule has 0 aliphatic rings. The van der Waals surface area contributed by atoms with Crippen molar-refractivity contribution in [2.75, 3.05) is 5.73 Å². The van der Waals surface area contributed by atoms with E-state index in [-0.39, 0.29) is 0 Å². The van der Waals surface area contributed by atoms with Crippen LogP contribution in [0.25, 0.3) is 6.08 Å². The molecule has 10 heavy (non-hydrogen) atoms. The second-order valence-electron chi connectivity index (χ2n) is 1.84. The first-order valence-corrected chi connectivity index (χ1v) is 3.04. The number of nitrogen functional groups attached to an aromatic ring is 1. The van der Waals surface area contributed by atoms with Crippen molar-refractivity contribution < 1.29 is 0 Å². The second-order valence-corrected chi connectivity index (χ2v) is 1.84. The van der Waals surface area contributed by atoms with E-state index in [1.54, 1.807) is 18.3 Å². The topological polar surface area (TPSA) is 51.8 Å². The number of hydrogen-bond donors (Lipinski definition) is 1. The molecule has 1 aromatic heterocycles. The molecule has 1 rings (SSSR count). The van der Waals surface area contributed by atoms with Gasteiger partial charge in [-0.3, -0.25) is 0 Å². The molecule has 52 valence electrons. The maximum absolute atomic E-state index is 5.40. The third-order valence-corrected chi connectivity index (χ3v) is 1.01. The zero-order chi connectivity index (χ0) is 7.40. The highest BCUT2D eigenvalue weighted by Crippen LogP contribution is 1.96. The van der Waals surface area contributed by atoms with Crippen molar-refractivity contribution in [2.24, 2.45) is 0 Å². The van der Waals surface area contributed by atoms with E-state index < -0.39 is 0 Å². The summed E-state index contributed by atoms with van der Waals surface area (Å²) < 4.78 is 0. The summed E-state index contributed by atoms with van der Waals surface area (Å²) in [6.07, 6.45) is 5.31. The molecule has 0 aliphatic carbocycles. The third kappa shape index (κ3) is 1.55. The molecule has 0 atom stereocenters. The van der Waals surface area contributed by atoms with Gasteiger partial charge >= 0.3 is 0 Å². The Hall–Kier alpha value is -1.38. The van der Waals surface area contributed by atoms with Gasteiger partial charge in [0.1, 0.15) is 5.82 Å². The molecule has 0 saturated carbocycles. The summed E-state index contributed by atoms with van der Waals surface area (Å²) in [5.41, 5.74) is 5.40. The van der Waals surface area contributed by atoms with Crippen molar-refractivity contribution in [1.29, 1.82) is 0 Å². The van der Waals surface area contributed by atoms with Crippen LogP contribution < -0.4 is 5.73 Å². The van der Waals surface area contributed by atoms with Gasteiger partial charge in [0.15, 0.2) is 5.82 Å². The Balaban J connectivity index is 2.95. The minimum atomic E-state index is 0.503. The lowest BCUT2D eigenvalue weighted by molar-refractivity contribution is 1.14. The fourth-order valence-corrected chi connectivity index (χ4v) is 0.618. The maximum Gasteiger partial charge on any atom is 0.153 e. The molecule has 0 aromatic carbocycles. The number of hydrogen-bond acceptors (Lipinski definition) is 3. The molecular formula is C7H9N3. The van der Waals surface area contributed by atoms with Crippen LogP contribution in [-0.4, -0.2) is 9.97 Å². The largest absolute Gasteiger partial charge is 0.384 e. The normalized spacial score (nSPS) is 10.5. The van der Waals surface area contributed by atoms with E-state index in [1.165, 1.54) is 0 Å². The van der Waals surface area contributed by atoms with Crippen LogP contribution in [0.2, 0.25) is 0 Å². The molecule has 0 unspecified atom stereocenters. The minimum absolute atomic E-state index is 0.503. The zero-order valence-corrected chi connectivity index (χ0v) is 5.78. The number of anilines is 1. The van der Waals surface area contributed by atoms with Crippen molar-refractivity contribution in [3.05, 3.63) is 24.2 Å². The Morgan fingerprint density at radius 1 is 1.60 bits per heavy atom. The van der Waals surface area contributed by atoms with E-state index in [1.807, 2.05) is 13.0 Å². The molecule has 0 aliphatic heterocycles. The SMILES string of the molecule is CC=Cc1nccc(N)n1. The number of allylic oxidation sites excluding steroid dienone is 1. The van der Waals surface area contributed by atoms with E-state index >= 15 is 0 Å². The van der Waals surface area contributed by atoms with Gasteiger partial charge in [-0.05, 0) is 19.1 Å². The van der Waals surface area contributed by atoms with Gasteiger partial charge in [0, 0.05) is 6.20 Å². The summed E-state index contributed by atoms with van der Waals surface area (Å²) in [6, 6.07) is 1.66. The summed E-state index contributed by atoms with van der Waals surface area (Å²) in [5.74, 6) is 1.16. The highest BCUT2D eigenvalue weighted by atomic mass is 14.9. The van der Waals surface area contributed by atoms with Crippen LogP contribution in [0.1, 0.15) is 12.7 Å². The van der Waals surface area contributed by atoms with Crippen LogP contribution in [0.15, 0.2) is 18.3 Å². The molecule has 2 N–H and O–H groups in total. The average molecular weight is 135 g/mol. The predicted octanol–water partition coefficient (Wildman–Crippen LogP) is 1.09. The highest BCUT2D eigenvalue weighted by molar-refractivity contribution is 5.41. The van der Waals surface area contributed by atoms with Crippen molar-refractivity contribution in [3.63, 3.8) is 0 Å². The van der Waals surface area contributed by atoms with Gasteiger partial charge in [-0.1, -0.05) is 6.08 Å². The molecule has 0 amide bonds. The molecular weight excluding hydrogens is 126 g/mol. The van der Waals surface area contributed by atoms with Gasteiger partial charge in [-0.2, -0.15) is 0 Å². The number of rotatable bonds is 1. The summed E-state index contributed by atoms with van der Waals surface area (Å²) in [5, 5.41) is 0. The summed E-state index contributed by atoms with van der Waals surface area (Å²) in [4.78, 5) is 7.89. The van der Waals surface area contributed by atoms with E-state index in [0.29, 0.717) is 11.6 Å². The van der Waals surface area contributed by atoms with E-state index in [0.717, 1.165) is 0 Å². The maximum atomic E-state index is 5.40. The van der Waals surface area contributed by atoms with E-state index in [2.05, 4.69) is 9.97 Å². The van der Waals surface area contributed by atoms with Gasteiger partial charge < -0.3 is 5.73 Å². The summed E-state index contributed by atoms with van der Waals surface area (Å²) in [6.45, 7) is 1.91. The Bertz CT molecular complexity index is 242. The first-order valence-electron chi connectivity index (χ1n) is 3.04. The summed E-state index contributed by atoms with van der Waals surface area (Å²) in [7, 11) is 0. The van der Waals surface area contributed by atoms with Gasteiger partial charge in [-0.25, -0.2) is 9.97 Å². The van der Waals surface area contributed by atoms with Gasteiger partial charge in [0.25, 0.3) is 0 Å². The van der Waals surface area contributed by atoms with Gasteiger partial charge in [-0.15, -0.1) is 0 Å². The molecule has 1 heterocycles. The van der Waals surface area contributed by atoms with Crippen molar-refractivity contribution >= 4 is 11.9 Å². The van der Waals surface area contributed by atoms with Crippen LogP contribution >= 0.6 is 0 Å². The van der Waals surface area contributed by atoms with Crippen LogP contribution in [0, 0.1) is 0 Å². The highest BCUT2D eigenvalue weighted by Gasteiger charge is 1.87. The predicted molar refractivity (Wildman–Crippen MR) is 41.2 cm³/mol. The average Bonchev–Trinajstić information content (AvgIpc) is 1.88. The lowest BCUT2D eigenvalue weighted by Gasteiger charge is -1.91. The molecule has 1 aromatic rings. The van der Waals surface area contributed by atoms with E-state index in [4.69, 9.17) is 5.73 Å². The third-order valence-electron chi connectivity index (χ3n) is 1.01. The molecule has 0 bridgehead atoms. The Morgan fingerprint density at radius 2 is 2.40 bits per heavy atom. The lowest BCUT2D eigenvalue weighted by atomic mass is 10.5. The van der Waals surface area contributed by atoms with Crippen LogP contribution in [0.3, 0.4) is 0 Å².